The first-order chi connectivity index (χ1) is 8.34. The van der Waals surface area contributed by atoms with Gasteiger partial charge in [0.2, 0.25) is 0 Å². The predicted molar refractivity (Wildman–Crippen MR) is 61.0 cm³/mol. The van der Waals surface area contributed by atoms with Crippen molar-refractivity contribution in [3.63, 3.8) is 0 Å². The minimum Gasteiger partial charge on any atom is -0.464 e. The van der Waals surface area contributed by atoms with Gasteiger partial charge in [-0.25, -0.2) is 0 Å². The van der Waals surface area contributed by atoms with Crippen LogP contribution in [0.25, 0.3) is 0 Å². The minimum absolute atomic E-state index is 0.0663. The zero-order valence-corrected chi connectivity index (χ0v) is 10.7. The third-order valence-electron chi connectivity index (χ3n) is 3.56. The highest BCUT2D eigenvalue weighted by Gasteiger charge is 2.41. The summed E-state index contributed by atoms with van der Waals surface area (Å²) in [7, 11) is 1.65. The summed E-state index contributed by atoms with van der Waals surface area (Å²) in [6.45, 7) is 1.91. The standard InChI is InChI=1S/C12H20F3NO2/c1-8(16-2)11(17)18-7-9-3-5-10(6-4-9)12(13,14)15/h8-10,16H,3-7H2,1-2H3/t8-,9?,10?/m0/s1. The molecule has 1 fully saturated rings. The lowest BCUT2D eigenvalue weighted by molar-refractivity contribution is -0.185. The molecule has 1 aliphatic rings. The molecule has 1 rings (SSSR count). The van der Waals surface area contributed by atoms with Gasteiger partial charge in [0.05, 0.1) is 12.5 Å². The van der Waals surface area contributed by atoms with Crippen molar-refractivity contribution < 1.29 is 22.7 Å². The molecule has 0 bridgehead atoms. The second kappa shape index (κ2) is 6.41. The van der Waals surface area contributed by atoms with E-state index in [1.807, 2.05) is 0 Å². The number of carbonyl (C=O) groups is 1. The number of likely N-dealkylation sites (N-methyl/N-ethyl adjacent to an activating group) is 1. The van der Waals surface area contributed by atoms with Crippen molar-refractivity contribution in [2.75, 3.05) is 13.7 Å². The second-order valence-corrected chi connectivity index (χ2v) is 4.90. The van der Waals surface area contributed by atoms with Crippen molar-refractivity contribution in [1.29, 1.82) is 0 Å². The molecule has 1 aliphatic carbocycles. The van der Waals surface area contributed by atoms with Gasteiger partial charge in [-0.15, -0.1) is 0 Å². The summed E-state index contributed by atoms with van der Waals surface area (Å²) in [5.74, 6) is -1.47. The Morgan fingerprint density at radius 3 is 2.33 bits per heavy atom. The second-order valence-electron chi connectivity index (χ2n) is 4.90. The number of ether oxygens (including phenoxy) is 1. The average molecular weight is 267 g/mol. The number of esters is 1. The van der Waals surface area contributed by atoms with Crippen LogP contribution in [0.15, 0.2) is 0 Å². The Hall–Kier alpha value is -0.780. The molecule has 0 aliphatic heterocycles. The van der Waals surface area contributed by atoms with Gasteiger partial charge in [0, 0.05) is 0 Å². The average Bonchev–Trinajstić information content (AvgIpc) is 2.34. The molecule has 0 amide bonds. The van der Waals surface area contributed by atoms with Gasteiger partial charge in [-0.2, -0.15) is 13.2 Å². The summed E-state index contributed by atoms with van der Waals surface area (Å²) in [5, 5.41) is 2.76. The number of halogens is 3. The van der Waals surface area contributed by atoms with Crippen molar-refractivity contribution in [3.8, 4) is 0 Å². The number of rotatable bonds is 4. The van der Waals surface area contributed by atoms with Gasteiger partial charge in [-0.1, -0.05) is 0 Å². The van der Waals surface area contributed by atoms with Crippen LogP contribution in [0.2, 0.25) is 0 Å². The van der Waals surface area contributed by atoms with Crippen LogP contribution in [0.5, 0.6) is 0 Å². The lowest BCUT2D eigenvalue weighted by atomic mass is 9.82. The van der Waals surface area contributed by atoms with Gasteiger partial charge in [0.1, 0.15) is 6.04 Å². The predicted octanol–water partition coefficient (Wildman–Crippen LogP) is 2.51. The molecule has 6 heteroatoms. The molecule has 0 heterocycles. The summed E-state index contributed by atoms with van der Waals surface area (Å²) in [6.07, 6.45) is -2.83. The fourth-order valence-corrected chi connectivity index (χ4v) is 2.10. The van der Waals surface area contributed by atoms with Gasteiger partial charge in [-0.05, 0) is 45.6 Å². The Kier molecular flexibility index (Phi) is 5.44. The van der Waals surface area contributed by atoms with Crippen LogP contribution >= 0.6 is 0 Å². The number of nitrogens with one attached hydrogen (secondary N) is 1. The van der Waals surface area contributed by atoms with E-state index in [0.717, 1.165) is 0 Å². The van der Waals surface area contributed by atoms with E-state index in [2.05, 4.69) is 5.32 Å². The van der Waals surface area contributed by atoms with E-state index < -0.39 is 12.1 Å². The van der Waals surface area contributed by atoms with Crippen LogP contribution in [0.3, 0.4) is 0 Å². The largest absolute Gasteiger partial charge is 0.464 e. The lowest BCUT2D eigenvalue weighted by Gasteiger charge is -2.29. The van der Waals surface area contributed by atoms with E-state index in [1.165, 1.54) is 0 Å². The number of carbonyl (C=O) groups excluding carboxylic acids is 1. The molecule has 1 saturated carbocycles. The molecule has 0 unspecified atom stereocenters. The Morgan fingerprint density at radius 1 is 1.33 bits per heavy atom. The highest BCUT2D eigenvalue weighted by molar-refractivity contribution is 5.75. The monoisotopic (exact) mass is 267 g/mol. The maximum atomic E-state index is 12.4. The van der Waals surface area contributed by atoms with Crippen LogP contribution in [0.1, 0.15) is 32.6 Å². The van der Waals surface area contributed by atoms with Crippen LogP contribution in [-0.2, 0) is 9.53 Å². The van der Waals surface area contributed by atoms with E-state index in [0.29, 0.717) is 12.8 Å². The molecule has 0 aromatic rings. The number of alkyl halides is 3. The number of hydrogen-bond acceptors (Lipinski definition) is 3. The van der Waals surface area contributed by atoms with Crippen molar-refractivity contribution in [3.05, 3.63) is 0 Å². The Labute approximate surface area is 105 Å². The lowest BCUT2D eigenvalue weighted by Crippen LogP contribution is -2.34. The third-order valence-corrected chi connectivity index (χ3v) is 3.56. The Balaban J connectivity index is 2.26. The summed E-state index contributed by atoms with van der Waals surface area (Å²) in [6, 6.07) is -0.378. The van der Waals surface area contributed by atoms with E-state index >= 15 is 0 Å². The molecule has 1 N–H and O–H groups in total. The highest BCUT2D eigenvalue weighted by atomic mass is 19.4. The normalized spacial score (nSPS) is 26.7. The summed E-state index contributed by atoms with van der Waals surface area (Å²) in [4.78, 5) is 11.4. The first-order valence-electron chi connectivity index (χ1n) is 6.25. The third kappa shape index (κ3) is 4.48. The molecule has 0 radical (unpaired) electrons. The van der Waals surface area contributed by atoms with E-state index in [4.69, 9.17) is 4.74 Å². The van der Waals surface area contributed by atoms with E-state index in [-0.39, 0.29) is 37.4 Å². The Morgan fingerprint density at radius 2 is 1.89 bits per heavy atom. The Bertz CT molecular complexity index is 273. The van der Waals surface area contributed by atoms with Gasteiger partial charge in [0.15, 0.2) is 0 Å². The van der Waals surface area contributed by atoms with Gasteiger partial charge in [-0.3, -0.25) is 4.79 Å². The molecule has 0 saturated heterocycles. The van der Waals surface area contributed by atoms with Crippen LogP contribution < -0.4 is 5.32 Å². The van der Waals surface area contributed by atoms with E-state index in [1.54, 1.807) is 14.0 Å². The molecule has 0 spiro atoms. The highest BCUT2D eigenvalue weighted by Crippen LogP contribution is 2.39. The molecular formula is C12H20F3NO2. The summed E-state index contributed by atoms with van der Waals surface area (Å²) >= 11 is 0. The topological polar surface area (TPSA) is 38.3 Å². The fraction of sp³-hybridized carbons (Fsp3) is 0.917. The molecular weight excluding hydrogens is 247 g/mol. The first kappa shape index (κ1) is 15.3. The molecule has 0 aromatic heterocycles. The molecule has 18 heavy (non-hydrogen) atoms. The van der Waals surface area contributed by atoms with Crippen LogP contribution in [0.4, 0.5) is 13.2 Å². The molecule has 1 atom stereocenters. The zero-order valence-electron chi connectivity index (χ0n) is 10.7. The molecule has 106 valence electrons. The van der Waals surface area contributed by atoms with E-state index in [9.17, 15) is 18.0 Å². The number of hydrogen-bond donors (Lipinski definition) is 1. The van der Waals surface area contributed by atoms with Crippen molar-refractivity contribution in [2.24, 2.45) is 11.8 Å². The fourth-order valence-electron chi connectivity index (χ4n) is 2.10. The van der Waals surface area contributed by atoms with Crippen molar-refractivity contribution in [2.45, 2.75) is 44.8 Å². The van der Waals surface area contributed by atoms with Crippen molar-refractivity contribution in [1.82, 2.24) is 5.32 Å². The maximum absolute atomic E-state index is 12.4. The van der Waals surface area contributed by atoms with Crippen LogP contribution in [0, 0.1) is 11.8 Å². The minimum atomic E-state index is -4.08. The van der Waals surface area contributed by atoms with Gasteiger partial charge in [0.25, 0.3) is 0 Å². The first-order valence-corrected chi connectivity index (χ1v) is 6.25. The van der Waals surface area contributed by atoms with Crippen molar-refractivity contribution >= 4 is 5.97 Å². The quantitative estimate of drug-likeness (QED) is 0.795. The summed E-state index contributed by atoms with van der Waals surface area (Å²) < 4.78 is 42.4. The van der Waals surface area contributed by atoms with Gasteiger partial charge >= 0.3 is 12.1 Å². The smallest absolute Gasteiger partial charge is 0.391 e. The zero-order chi connectivity index (χ0) is 13.8. The van der Waals surface area contributed by atoms with Gasteiger partial charge < -0.3 is 10.1 Å². The SMILES string of the molecule is CN[C@@H](C)C(=O)OCC1CCC(C(F)(F)F)CC1. The van der Waals surface area contributed by atoms with Crippen LogP contribution in [-0.4, -0.2) is 31.8 Å². The molecule has 3 nitrogen and oxygen atoms in total. The maximum Gasteiger partial charge on any atom is 0.391 e. The molecule has 0 aromatic carbocycles. The summed E-state index contributed by atoms with van der Waals surface area (Å²) in [5.41, 5.74) is 0.